The summed E-state index contributed by atoms with van der Waals surface area (Å²) in [6.07, 6.45) is 0. The van der Waals surface area contributed by atoms with Crippen molar-refractivity contribution >= 4 is 28.6 Å². The molecular weight excluding hydrogens is 280 g/mol. The fourth-order valence-corrected chi connectivity index (χ4v) is 3.15. The highest BCUT2D eigenvalue weighted by Gasteiger charge is 2.16. The van der Waals surface area contributed by atoms with E-state index in [1.807, 2.05) is 20.8 Å². The molecule has 0 radical (unpaired) electrons. The Bertz CT molecular complexity index is 667. The number of thioether (sulfide) groups is 1. The zero-order valence-corrected chi connectivity index (χ0v) is 14.0. The van der Waals surface area contributed by atoms with Crippen LogP contribution in [0.3, 0.4) is 0 Å². The van der Waals surface area contributed by atoms with Crippen molar-refractivity contribution in [1.82, 2.24) is 10.3 Å². The van der Waals surface area contributed by atoms with Crippen molar-refractivity contribution in [3.63, 3.8) is 0 Å². The van der Waals surface area contributed by atoms with Crippen LogP contribution in [0.15, 0.2) is 29.3 Å². The molecule has 21 heavy (non-hydrogen) atoms. The quantitative estimate of drug-likeness (QED) is 0.872. The number of pyridine rings is 1. The number of amides is 1. The van der Waals surface area contributed by atoms with Gasteiger partial charge in [0.15, 0.2) is 0 Å². The number of hydrogen-bond donors (Lipinski definition) is 1. The molecule has 0 fully saturated rings. The molecular formula is C17H22N2OS. The van der Waals surface area contributed by atoms with Crippen LogP contribution in [0.5, 0.6) is 0 Å². The highest BCUT2D eigenvalue weighted by Crippen LogP contribution is 2.28. The standard InChI is InChI=1S/C17H22N2OS/c1-10(2)18-17(20)13(5)21-15-9-12(4)14-8-6-7-11(3)16(14)19-15/h6-10,13H,1-5H3,(H,18,20)/t13-/m1/s1. The second-order valence-corrected chi connectivity index (χ2v) is 7.03. The van der Waals surface area contributed by atoms with Gasteiger partial charge in [0.2, 0.25) is 5.91 Å². The summed E-state index contributed by atoms with van der Waals surface area (Å²) in [6, 6.07) is 8.43. The van der Waals surface area contributed by atoms with Crippen LogP contribution in [0.25, 0.3) is 10.9 Å². The lowest BCUT2D eigenvalue weighted by molar-refractivity contribution is -0.120. The Kier molecular flexibility index (Phi) is 4.88. The maximum Gasteiger partial charge on any atom is 0.233 e. The van der Waals surface area contributed by atoms with Crippen molar-refractivity contribution in [3.05, 3.63) is 35.4 Å². The molecule has 1 amide bonds. The van der Waals surface area contributed by atoms with Crippen LogP contribution in [0.1, 0.15) is 31.9 Å². The molecule has 112 valence electrons. The molecule has 0 bridgehead atoms. The van der Waals surface area contributed by atoms with Gasteiger partial charge < -0.3 is 5.32 Å². The number of aryl methyl sites for hydroxylation is 2. The molecule has 2 rings (SSSR count). The molecule has 0 unspecified atom stereocenters. The number of para-hydroxylation sites is 1. The van der Waals surface area contributed by atoms with Gasteiger partial charge in [0.25, 0.3) is 0 Å². The Balaban J connectivity index is 2.27. The Hall–Kier alpha value is -1.55. The zero-order chi connectivity index (χ0) is 15.6. The second kappa shape index (κ2) is 6.48. The molecule has 0 saturated carbocycles. The lowest BCUT2D eigenvalue weighted by Gasteiger charge is -2.15. The minimum atomic E-state index is -0.152. The number of benzene rings is 1. The number of fused-ring (bicyclic) bond motifs is 1. The molecule has 0 spiro atoms. The normalized spacial score (nSPS) is 12.7. The largest absolute Gasteiger partial charge is 0.353 e. The van der Waals surface area contributed by atoms with Crippen LogP contribution in [0.4, 0.5) is 0 Å². The van der Waals surface area contributed by atoms with Gasteiger partial charge in [-0.2, -0.15) is 0 Å². The van der Waals surface area contributed by atoms with Crippen LogP contribution in [0.2, 0.25) is 0 Å². The van der Waals surface area contributed by atoms with Crippen molar-refractivity contribution in [2.45, 2.75) is 50.9 Å². The van der Waals surface area contributed by atoms with Gasteiger partial charge in [-0.05, 0) is 51.8 Å². The van der Waals surface area contributed by atoms with Gasteiger partial charge in [0.1, 0.15) is 0 Å². The predicted molar refractivity (Wildman–Crippen MR) is 89.8 cm³/mol. The maximum absolute atomic E-state index is 12.0. The lowest BCUT2D eigenvalue weighted by atomic mass is 10.1. The van der Waals surface area contributed by atoms with E-state index in [-0.39, 0.29) is 17.2 Å². The third kappa shape index (κ3) is 3.76. The van der Waals surface area contributed by atoms with E-state index in [4.69, 9.17) is 4.98 Å². The van der Waals surface area contributed by atoms with Crippen molar-refractivity contribution in [2.75, 3.05) is 0 Å². The van der Waals surface area contributed by atoms with Gasteiger partial charge in [-0.1, -0.05) is 30.0 Å². The van der Waals surface area contributed by atoms with Crippen molar-refractivity contribution in [2.24, 2.45) is 0 Å². The molecule has 0 aliphatic heterocycles. The molecule has 1 aromatic carbocycles. The van der Waals surface area contributed by atoms with Gasteiger partial charge >= 0.3 is 0 Å². The third-order valence-electron chi connectivity index (χ3n) is 3.32. The number of nitrogens with one attached hydrogen (secondary N) is 1. The van der Waals surface area contributed by atoms with E-state index in [2.05, 4.69) is 43.4 Å². The highest BCUT2D eigenvalue weighted by molar-refractivity contribution is 8.00. The first-order chi connectivity index (χ1) is 9.88. The Morgan fingerprint density at radius 3 is 2.57 bits per heavy atom. The van der Waals surface area contributed by atoms with Gasteiger partial charge in [0, 0.05) is 11.4 Å². The van der Waals surface area contributed by atoms with Crippen molar-refractivity contribution < 1.29 is 4.79 Å². The summed E-state index contributed by atoms with van der Waals surface area (Å²) in [5.74, 6) is 0.0549. The molecule has 0 aliphatic carbocycles. The van der Waals surface area contributed by atoms with Gasteiger partial charge in [0.05, 0.1) is 15.8 Å². The number of hydrogen-bond acceptors (Lipinski definition) is 3. The number of carbonyl (C=O) groups excluding carboxylic acids is 1. The van der Waals surface area contributed by atoms with E-state index in [1.165, 1.54) is 22.7 Å². The summed E-state index contributed by atoms with van der Waals surface area (Å²) in [5, 5.41) is 4.87. The zero-order valence-electron chi connectivity index (χ0n) is 13.2. The summed E-state index contributed by atoms with van der Waals surface area (Å²) < 4.78 is 0. The van der Waals surface area contributed by atoms with E-state index >= 15 is 0 Å². The average molecular weight is 302 g/mol. The van der Waals surface area contributed by atoms with Crippen LogP contribution in [0, 0.1) is 13.8 Å². The van der Waals surface area contributed by atoms with Crippen LogP contribution in [-0.2, 0) is 4.79 Å². The number of aromatic nitrogens is 1. The topological polar surface area (TPSA) is 42.0 Å². The maximum atomic E-state index is 12.0. The van der Waals surface area contributed by atoms with Crippen LogP contribution >= 0.6 is 11.8 Å². The molecule has 3 nitrogen and oxygen atoms in total. The number of carbonyl (C=O) groups is 1. The molecule has 1 atom stereocenters. The summed E-state index contributed by atoms with van der Waals surface area (Å²) in [5.41, 5.74) is 3.39. The number of rotatable bonds is 4. The minimum Gasteiger partial charge on any atom is -0.353 e. The average Bonchev–Trinajstić information content (AvgIpc) is 2.39. The Labute approximate surface area is 130 Å². The van der Waals surface area contributed by atoms with E-state index < -0.39 is 0 Å². The second-order valence-electron chi connectivity index (χ2n) is 5.67. The summed E-state index contributed by atoms with van der Waals surface area (Å²) in [4.78, 5) is 16.7. The van der Waals surface area contributed by atoms with Crippen LogP contribution < -0.4 is 5.32 Å². The predicted octanol–water partition coefficient (Wildman–Crippen LogP) is 3.86. The van der Waals surface area contributed by atoms with Crippen LogP contribution in [-0.4, -0.2) is 22.2 Å². The first-order valence-electron chi connectivity index (χ1n) is 7.22. The van der Waals surface area contributed by atoms with E-state index in [9.17, 15) is 4.79 Å². The first-order valence-corrected chi connectivity index (χ1v) is 8.10. The molecule has 1 aromatic heterocycles. The summed E-state index contributed by atoms with van der Waals surface area (Å²) in [6.45, 7) is 10.0. The summed E-state index contributed by atoms with van der Waals surface area (Å²) in [7, 11) is 0. The summed E-state index contributed by atoms with van der Waals surface area (Å²) >= 11 is 1.51. The molecule has 0 aliphatic rings. The third-order valence-corrected chi connectivity index (χ3v) is 4.34. The molecule has 1 heterocycles. The fourth-order valence-electron chi connectivity index (χ4n) is 2.23. The fraction of sp³-hybridized carbons (Fsp3) is 0.412. The van der Waals surface area contributed by atoms with E-state index in [1.54, 1.807) is 0 Å². The van der Waals surface area contributed by atoms with Crippen molar-refractivity contribution in [3.8, 4) is 0 Å². The smallest absolute Gasteiger partial charge is 0.233 e. The number of nitrogens with zero attached hydrogens (tertiary/aromatic N) is 1. The highest BCUT2D eigenvalue weighted by atomic mass is 32.2. The molecule has 0 saturated heterocycles. The monoisotopic (exact) mass is 302 g/mol. The van der Waals surface area contributed by atoms with Gasteiger partial charge in [-0.15, -0.1) is 0 Å². The first kappa shape index (κ1) is 15.8. The van der Waals surface area contributed by atoms with Gasteiger partial charge in [-0.3, -0.25) is 4.79 Å². The van der Waals surface area contributed by atoms with E-state index in [0.717, 1.165) is 16.1 Å². The van der Waals surface area contributed by atoms with Crippen molar-refractivity contribution in [1.29, 1.82) is 0 Å². The molecule has 4 heteroatoms. The Morgan fingerprint density at radius 1 is 1.19 bits per heavy atom. The molecule has 1 N–H and O–H groups in total. The SMILES string of the molecule is Cc1cc(S[C@H](C)C(=O)NC(C)C)nc2c(C)cccc12. The minimum absolute atomic E-state index is 0.0549. The molecule has 2 aromatic rings. The Morgan fingerprint density at radius 2 is 1.90 bits per heavy atom. The van der Waals surface area contributed by atoms with E-state index in [0.29, 0.717) is 0 Å². The van der Waals surface area contributed by atoms with Gasteiger partial charge in [-0.25, -0.2) is 4.98 Å². The lowest BCUT2D eigenvalue weighted by Crippen LogP contribution is -2.35.